The molecular formula is C15H11BrClNO3. The highest BCUT2D eigenvalue weighted by atomic mass is 79.9. The number of rotatable bonds is 3. The number of ether oxygens (including phenoxy) is 1. The van der Waals surface area contributed by atoms with Crippen LogP contribution in [0.15, 0.2) is 50.1 Å². The number of halogens is 2. The van der Waals surface area contributed by atoms with Gasteiger partial charge in [-0.3, -0.25) is 4.57 Å². The summed E-state index contributed by atoms with van der Waals surface area (Å²) >= 11 is 9.34. The van der Waals surface area contributed by atoms with Crippen LogP contribution < -0.4 is 10.5 Å². The molecule has 0 radical (unpaired) electrons. The molecule has 0 aliphatic heterocycles. The molecule has 0 bridgehead atoms. The number of methoxy groups -OCH3 is 1. The van der Waals surface area contributed by atoms with E-state index < -0.39 is 5.76 Å². The maximum absolute atomic E-state index is 12.0. The first-order valence-corrected chi connectivity index (χ1v) is 7.37. The first-order chi connectivity index (χ1) is 10.1. The molecule has 3 rings (SSSR count). The number of benzene rings is 2. The first kappa shape index (κ1) is 14.2. The van der Waals surface area contributed by atoms with Gasteiger partial charge in [-0.15, -0.1) is 0 Å². The Kier molecular flexibility index (Phi) is 3.78. The van der Waals surface area contributed by atoms with Crippen LogP contribution in [-0.4, -0.2) is 11.7 Å². The van der Waals surface area contributed by atoms with Gasteiger partial charge in [-0.25, -0.2) is 4.79 Å². The molecule has 4 nitrogen and oxygen atoms in total. The van der Waals surface area contributed by atoms with Gasteiger partial charge < -0.3 is 9.15 Å². The van der Waals surface area contributed by atoms with E-state index in [1.807, 2.05) is 18.2 Å². The van der Waals surface area contributed by atoms with Crippen molar-refractivity contribution in [3.63, 3.8) is 0 Å². The Morgan fingerprint density at radius 1 is 1.29 bits per heavy atom. The number of hydrogen-bond acceptors (Lipinski definition) is 3. The van der Waals surface area contributed by atoms with E-state index >= 15 is 0 Å². The van der Waals surface area contributed by atoms with Gasteiger partial charge >= 0.3 is 5.76 Å². The van der Waals surface area contributed by atoms with E-state index in [9.17, 15) is 4.79 Å². The number of nitrogens with zero attached hydrogens (tertiary/aromatic N) is 1. The van der Waals surface area contributed by atoms with Gasteiger partial charge in [0, 0.05) is 11.1 Å². The van der Waals surface area contributed by atoms with Crippen molar-refractivity contribution < 1.29 is 9.15 Å². The zero-order valence-corrected chi connectivity index (χ0v) is 13.4. The van der Waals surface area contributed by atoms with E-state index in [1.165, 1.54) is 0 Å². The van der Waals surface area contributed by atoms with E-state index in [-0.39, 0.29) is 0 Å². The summed E-state index contributed by atoms with van der Waals surface area (Å²) in [7, 11) is 1.61. The molecule has 0 unspecified atom stereocenters. The molecule has 1 heterocycles. The van der Waals surface area contributed by atoms with Crippen molar-refractivity contribution >= 4 is 38.6 Å². The first-order valence-electron chi connectivity index (χ1n) is 6.20. The van der Waals surface area contributed by atoms with E-state index in [0.29, 0.717) is 17.2 Å². The van der Waals surface area contributed by atoms with Gasteiger partial charge in [0.2, 0.25) is 0 Å². The van der Waals surface area contributed by atoms with Crippen LogP contribution in [-0.2, 0) is 6.54 Å². The molecule has 108 valence electrons. The minimum atomic E-state index is -0.404. The molecule has 0 saturated heterocycles. The van der Waals surface area contributed by atoms with Gasteiger partial charge in [0.1, 0.15) is 5.75 Å². The summed E-state index contributed by atoms with van der Waals surface area (Å²) in [5.74, 6) is 0.342. The quantitative estimate of drug-likeness (QED) is 0.700. The average Bonchev–Trinajstić information content (AvgIpc) is 2.74. The van der Waals surface area contributed by atoms with Gasteiger partial charge in [-0.05, 0) is 45.8 Å². The van der Waals surface area contributed by atoms with Gasteiger partial charge in [-0.2, -0.15) is 0 Å². The van der Waals surface area contributed by atoms with Gasteiger partial charge in [0.25, 0.3) is 0 Å². The summed E-state index contributed by atoms with van der Waals surface area (Å²) < 4.78 is 12.8. The minimum Gasteiger partial charge on any atom is -0.496 e. The van der Waals surface area contributed by atoms with E-state index in [0.717, 1.165) is 21.3 Å². The number of aromatic nitrogens is 1. The van der Waals surface area contributed by atoms with Crippen LogP contribution in [0.4, 0.5) is 0 Å². The van der Waals surface area contributed by atoms with Crippen molar-refractivity contribution in [2.45, 2.75) is 6.54 Å². The van der Waals surface area contributed by atoms with Crippen LogP contribution in [0.1, 0.15) is 5.56 Å². The lowest BCUT2D eigenvalue weighted by molar-refractivity contribution is 0.412. The number of oxazole rings is 1. The van der Waals surface area contributed by atoms with Gasteiger partial charge in [0.15, 0.2) is 5.58 Å². The van der Waals surface area contributed by atoms with Crippen molar-refractivity contribution in [3.8, 4) is 5.75 Å². The fourth-order valence-electron chi connectivity index (χ4n) is 2.18. The Morgan fingerprint density at radius 2 is 2.10 bits per heavy atom. The standard InChI is InChI=1S/C15H11BrClNO3/c1-20-13-5-2-9(6-11(13)16)8-18-12-4-3-10(17)7-14(12)21-15(18)19/h2-7H,8H2,1H3. The third kappa shape index (κ3) is 2.71. The van der Waals surface area contributed by atoms with E-state index in [1.54, 1.807) is 29.9 Å². The average molecular weight is 369 g/mol. The monoisotopic (exact) mass is 367 g/mol. The van der Waals surface area contributed by atoms with Crippen molar-refractivity contribution in [3.05, 3.63) is 62.0 Å². The molecule has 6 heteroatoms. The fraction of sp³-hybridized carbons (Fsp3) is 0.133. The third-order valence-corrected chi connectivity index (χ3v) is 4.04. The van der Waals surface area contributed by atoms with Crippen LogP contribution in [0.25, 0.3) is 11.1 Å². The molecule has 0 aliphatic carbocycles. The lowest BCUT2D eigenvalue weighted by Gasteiger charge is -2.07. The predicted molar refractivity (Wildman–Crippen MR) is 85.3 cm³/mol. The highest BCUT2D eigenvalue weighted by molar-refractivity contribution is 9.10. The summed E-state index contributed by atoms with van der Waals surface area (Å²) in [6.45, 7) is 0.413. The lowest BCUT2D eigenvalue weighted by Crippen LogP contribution is -2.14. The lowest BCUT2D eigenvalue weighted by atomic mass is 10.2. The summed E-state index contributed by atoms with van der Waals surface area (Å²) in [5, 5.41) is 0.538. The second-order valence-corrected chi connectivity index (χ2v) is 5.83. The molecular weight excluding hydrogens is 358 g/mol. The second-order valence-electron chi connectivity index (χ2n) is 4.54. The topological polar surface area (TPSA) is 44.4 Å². The molecule has 0 fully saturated rings. The Bertz CT molecular complexity index is 869. The van der Waals surface area contributed by atoms with Crippen molar-refractivity contribution in [2.75, 3.05) is 7.11 Å². The normalized spacial score (nSPS) is 11.0. The molecule has 0 saturated carbocycles. The molecule has 0 aliphatic rings. The second kappa shape index (κ2) is 5.58. The van der Waals surface area contributed by atoms with Crippen molar-refractivity contribution in [1.82, 2.24) is 4.57 Å². The third-order valence-electron chi connectivity index (χ3n) is 3.19. The molecule has 21 heavy (non-hydrogen) atoms. The Labute approximate surface area is 134 Å². The number of hydrogen-bond donors (Lipinski definition) is 0. The largest absolute Gasteiger partial charge is 0.496 e. The Hall–Kier alpha value is -1.72. The summed E-state index contributed by atoms with van der Waals surface area (Å²) in [5.41, 5.74) is 2.17. The minimum absolute atomic E-state index is 0.404. The maximum Gasteiger partial charge on any atom is 0.420 e. The SMILES string of the molecule is COc1ccc(Cn2c(=O)oc3cc(Cl)ccc32)cc1Br. The Morgan fingerprint density at radius 3 is 2.81 bits per heavy atom. The van der Waals surface area contributed by atoms with Crippen molar-refractivity contribution in [2.24, 2.45) is 0 Å². The molecule has 0 N–H and O–H groups in total. The predicted octanol–water partition coefficient (Wildman–Crippen LogP) is 4.07. The zero-order chi connectivity index (χ0) is 15.0. The molecule has 3 aromatic rings. The van der Waals surface area contributed by atoms with Crippen LogP contribution >= 0.6 is 27.5 Å². The fourth-order valence-corrected chi connectivity index (χ4v) is 2.93. The van der Waals surface area contributed by atoms with Crippen LogP contribution in [0.2, 0.25) is 5.02 Å². The molecule has 0 atom stereocenters. The van der Waals surface area contributed by atoms with Crippen LogP contribution in [0.5, 0.6) is 5.75 Å². The smallest absolute Gasteiger partial charge is 0.420 e. The van der Waals surface area contributed by atoms with E-state index in [2.05, 4.69) is 15.9 Å². The van der Waals surface area contributed by atoms with Gasteiger partial charge in [0.05, 0.1) is 23.6 Å². The molecule has 0 spiro atoms. The summed E-state index contributed by atoms with van der Waals surface area (Å²) in [6, 6.07) is 10.8. The van der Waals surface area contributed by atoms with Crippen LogP contribution in [0.3, 0.4) is 0 Å². The van der Waals surface area contributed by atoms with Crippen LogP contribution in [0, 0.1) is 0 Å². The van der Waals surface area contributed by atoms with E-state index in [4.69, 9.17) is 20.8 Å². The molecule has 1 aromatic heterocycles. The zero-order valence-electron chi connectivity index (χ0n) is 11.1. The summed E-state index contributed by atoms with van der Waals surface area (Å²) in [6.07, 6.45) is 0. The maximum atomic E-state index is 12.0. The van der Waals surface area contributed by atoms with Crippen molar-refractivity contribution in [1.29, 1.82) is 0 Å². The molecule has 0 amide bonds. The van der Waals surface area contributed by atoms with Gasteiger partial charge in [-0.1, -0.05) is 17.7 Å². The Balaban J connectivity index is 2.04. The number of fused-ring (bicyclic) bond motifs is 1. The highest BCUT2D eigenvalue weighted by Crippen LogP contribution is 2.26. The highest BCUT2D eigenvalue weighted by Gasteiger charge is 2.11. The summed E-state index contributed by atoms with van der Waals surface area (Å²) in [4.78, 5) is 12.0. The molecule has 2 aromatic carbocycles.